The average Bonchev–Trinajstić information content (AvgIpc) is 3.19. The average molecular weight is 381 g/mol. The van der Waals surface area contributed by atoms with Crippen molar-refractivity contribution in [2.24, 2.45) is 0 Å². The van der Waals surface area contributed by atoms with Crippen molar-refractivity contribution in [3.05, 3.63) is 59.9 Å². The number of nitrogens with zero attached hydrogens (tertiary/aromatic N) is 4. The van der Waals surface area contributed by atoms with Gasteiger partial charge in [0.25, 0.3) is 5.91 Å². The number of hydrogen-bond acceptors (Lipinski definition) is 5. The molecule has 144 valence electrons. The van der Waals surface area contributed by atoms with Gasteiger partial charge in [-0.1, -0.05) is 0 Å². The topological polar surface area (TPSA) is 84.0 Å². The van der Waals surface area contributed by atoms with Gasteiger partial charge in [-0.05, 0) is 37.3 Å². The van der Waals surface area contributed by atoms with E-state index >= 15 is 0 Å². The second-order valence-corrected chi connectivity index (χ2v) is 6.73. The Balaban J connectivity index is 1.36. The van der Waals surface area contributed by atoms with E-state index in [1.165, 1.54) is 12.1 Å². The predicted molar refractivity (Wildman–Crippen MR) is 100 cm³/mol. The van der Waals surface area contributed by atoms with Crippen LogP contribution in [0.5, 0.6) is 5.88 Å². The van der Waals surface area contributed by atoms with Crippen molar-refractivity contribution in [3.8, 4) is 17.1 Å². The Morgan fingerprint density at radius 2 is 1.96 bits per heavy atom. The van der Waals surface area contributed by atoms with Crippen LogP contribution in [0.3, 0.4) is 0 Å². The van der Waals surface area contributed by atoms with Crippen LogP contribution in [0.4, 0.5) is 4.39 Å². The quantitative estimate of drug-likeness (QED) is 0.751. The summed E-state index contributed by atoms with van der Waals surface area (Å²) >= 11 is 0. The maximum atomic E-state index is 13.1. The summed E-state index contributed by atoms with van der Waals surface area (Å²) in [5.74, 6) is 0.825. The Kier molecular flexibility index (Phi) is 5.01. The van der Waals surface area contributed by atoms with Crippen molar-refractivity contribution in [1.82, 2.24) is 25.1 Å². The van der Waals surface area contributed by atoms with Gasteiger partial charge in [0, 0.05) is 43.8 Å². The number of aromatic amines is 1. The number of carbonyl (C=O) groups excluding carboxylic acids is 1. The third-order valence-corrected chi connectivity index (χ3v) is 4.72. The predicted octanol–water partition coefficient (Wildman–Crippen LogP) is 3.00. The summed E-state index contributed by atoms with van der Waals surface area (Å²) in [4.78, 5) is 22.8. The Bertz CT molecular complexity index is 965. The van der Waals surface area contributed by atoms with Gasteiger partial charge in [-0.2, -0.15) is 10.1 Å². The van der Waals surface area contributed by atoms with E-state index in [2.05, 4.69) is 20.2 Å². The maximum Gasteiger partial charge on any atom is 0.271 e. The minimum absolute atomic E-state index is 0.0230. The molecule has 0 unspecified atom stereocenters. The molecule has 1 aliphatic heterocycles. The lowest BCUT2D eigenvalue weighted by Crippen LogP contribution is -2.42. The number of likely N-dealkylation sites (tertiary alicyclic amines) is 1. The minimum atomic E-state index is -0.308. The molecule has 1 amide bonds. The van der Waals surface area contributed by atoms with Gasteiger partial charge < -0.3 is 9.64 Å². The lowest BCUT2D eigenvalue weighted by Gasteiger charge is -2.31. The zero-order chi connectivity index (χ0) is 19.5. The fourth-order valence-electron chi connectivity index (χ4n) is 3.22. The molecule has 1 saturated heterocycles. The molecule has 0 spiro atoms. The second kappa shape index (κ2) is 7.75. The number of rotatable bonds is 4. The summed E-state index contributed by atoms with van der Waals surface area (Å²) in [5, 5.41) is 6.97. The number of hydrogen-bond donors (Lipinski definition) is 1. The number of carbonyl (C=O) groups is 1. The summed E-state index contributed by atoms with van der Waals surface area (Å²) in [6.07, 6.45) is 3.16. The number of ether oxygens (including phenoxy) is 1. The summed E-state index contributed by atoms with van der Waals surface area (Å²) in [7, 11) is 0. The maximum absolute atomic E-state index is 13.1. The van der Waals surface area contributed by atoms with Crippen molar-refractivity contribution in [2.45, 2.75) is 25.9 Å². The number of aryl methyl sites for hydroxylation is 1. The van der Waals surface area contributed by atoms with E-state index in [0.717, 1.165) is 18.4 Å². The molecule has 1 fully saturated rings. The van der Waals surface area contributed by atoms with Crippen molar-refractivity contribution in [1.29, 1.82) is 0 Å². The van der Waals surface area contributed by atoms with Gasteiger partial charge in [0.05, 0.1) is 5.69 Å². The Labute approximate surface area is 161 Å². The lowest BCUT2D eigenvalue weighted by atomic mass is 10.1. The molecule has 0 atom stereocenters. The van der Waals surface area contributed by atoms with Crippen LogP contribution in [0.25, 0.3) is 11.3 Å². The molecule has 3 heterocycles. The number of halogens is 1. The van der Waals surface area contributed by atoms with Gasteiger partial charge in [0.1, 0.15) is 23.4 Å². The molecule has 8 heteroatoms. The molecule has 0 bridgehead atoms. The van der Waals surface area contributed by atoms with Crippen LogP contribution in [0.1, 0.15) is 29.2 Å². The van der Waals surface area contributed by atoms with Crippen LogP contribution >= 0.6 is 0 Å². The van der Waals surface area contributed by atoms with Crippen molar-refractivity contribution in [2.75, 3.05) is 13.1 Å². The number of H-pyrrole nitrogens is 1. The van der Waals surface area contributed by atoms with Crippen molar-refractivity contribution in [3.63, 3.8) is 0 Å². The van der Waals surface area contributed by atoms with Gasteiger partial charge >= 0.3 is 0 Å². The third-order valence-electron chi connectivity index (χ3n) is 4.72. The zero-order valence-electron chi connectivity index (χ0n) is 15.4. The number of amides is 1. The minimum Gasteiger partial charge on any atom is -0.474 e. The molecule has 2 aromatic heterocycles. The molecule has 3 aromatic rings. The van der Waals surface area contributed by atoms with Gasteiger partial charge in [-0.15, -0.1) is 0 Å². The number of nitrogens with one attached hydrogen (secondary N) is 1. The van der Waals surface area contributed by atoms with Crippen molar-refractivity contribution < 1.29 is 13.9 Å². The Morgan fingerprint density at radius 1 is 1.21 bits per heavy atom. The highest BCUT2D eigenvalue weighted by molar-refractivity contribution is 5.93. The number of piperidine rings is 1. The van der Waals surface area contributed by atoms with Crippen LogP contribution in [0, 0.1) is 12.7 Å². The molecular formula is C20H20FN5O2. The van der Waals surface area contributed by atoms with Gasteiger partial charge in [0.15, 0.2) is 0 Å². The van der Waals surface area contributed by atoms with Crippen LogP contribution in [0.15, 0.2) is 42.6 Å². The Hall–Kier alpha value is -3.29. The molecule has 1 aliphatic rings. The molecule has 1 N–H and O–H groups in total. The van der Waals surface area contributed by atoms with Gasteiger partial charge in [0.2, 0.25) is 5.88 Å². The first-order valence-electron chi connectivity index (χ1n) is 9.15. The number of aromatic nitrogens is 4. The van der Waals surface area contributed by atoms with Gasteiger partial charge in [-0.25, -0.2) is 9.37 Å². The molecule has 0 radical (unpaired) electrons. The molecule has 28 heavy (non-hydrogen) atoms. The Morgan fingerprint density at radius 3 is 2.68 bits per heavy atom. The van der Waals surface area contributed by atoms with E-state index in [1.54, 1.807) is 35.4 Å². The van der Waals surface area contributed by atoms with E-state index in [0.29, 0.717) is 36.2 Å². The SMILES string of the molecule is Cc1nccc(OC2CCN(C(=O)c3cc(-c4ccc(F)cc4)n[nH]3)CC2)n1. The fourth-order valence-corrected chi connectivity index (χ4v) is 3.22. The summed E-state index contributed by atoms with van der Waals surface area (Å²) in [5.41, 5.74) is 1.79. The van der Waals surface area contributed by atoms with E-state index in [1.807, 2.05) is 6.92 Å². The van der Waals surface area contributed by atoms with Crippen molar-refractivity contribution >= 4 is 5.91 Å². The van der Waals surface area contributed by atoms with E-state index in [9.17, 15) is 9.18 Å². The molecule has 0 saturated carbocycles. The van der Waals surface area contributed by atoms with Crippen LogP contribution in [-0.2, 0) is 0 Å². The third kappa shape index (κ3) is 4.00. The molecule has 4 rings (SSSR count). The number of benzene rings is 1. The largest absolute Gasteiger partial charge is 0.474 e. The van der Waals surface area contributed by atoms with Crippen LogP contribution in [0.2, 0.25) is 0 Å². The second-order valence-electron chi connectivity index (χ2n) is 6.73. The highest BCUT2D eigenvalue weighted by Gasteiger charge is 2.26. The fraction of sp³-hybridized carbons (Fsp3) is 0.300. The molecular weight excluding hydrogens is 361 g/mol. The molecule has 1 aromatic carbocycles. The van der Waals surface area contributed by atoms with E-state index in [4.69, 9.17) is 4.74 Å². The monoisotopic (exact) mass is 381 g/mol. The summed E-state index contributed by atoms with van der Waals surface area (Å²) in [6, 6.07) is 9.45. The van der Waals surface area contributed by atoms with E-state index < -0.39 is 0 Å². The normalized spacial score (nSPS) is 14.9. The lowest BCUT2D eigenvalue weighted by molar-refractivity contribution is 0.0582. The molecule has 0 aliphatic carbocycles. The highest BCUT2D eigenvalue weighted by Crippen LogP contribution is 2.21. The summed E-state index contributed by atoms with van der Waals surface area (Å²) < 4.78 is 19.0. The highest BCUT2D eigenvalue weighted by atomic mass is 19.1. The van der Waals surface area contributed by atoms with Crippen LogP contribution in [-0.4, -0.2) is 50.2 Å². The van der Waals surface area contributed by atoms with Crippen LogP contribution < -0.4 is 4.74 Å². The molecule has 7 nitrogen and oxygen atoms in total. The standard InChI is InChI=1S/C20H20FN5O2/c1-13-22-9-6-19(23-13)28-16-7-10-26(11-8-16)20(27)18-12-17(24-25-18)14-2-4-15(21)5-3-14/h2-6,9,12,16H,7-8,10-11H2,1H3,(H,24,25). The first-order chi connectivity index (χ1) is 13.6. The van der Waals surface area contributed by atoms with Gasteiger partial charge in [-0.3, -0.25) is 9.89 Å². The first-order valence-corrected chi connectivity index (χ1v) is 9.15. The first kappa shape index (κ1) is 18.1. The van der Waals surface area contributed by atoms with E-state index in [-0.39, 0.29) is 17.8 Å². The summed E-state index contributed by atoms with van der Waals surface area (Å²) in [6.45, 7) is 3.01. The zero-order valence-corrected chi connectivity index (χ0v) is 15.4. The smallest absolute Gasteiger partial charge is 0.271 e.